The van der Waals surface area contributed by atoms with Crippen LogP contribution in [0.1, 0.15) is 38.2 Å². The highest BCUT2D eigenvalue weighted by Crippen LogP contribution is 2.24. The van der Waals surface area contributed by atoms with Gasteiger partial charge in [0.25, 0.3) is 5.91 Å². The number of imide groups is 1. The molecule has 0 radical (unpaired) electrons. The molecule has 2 fully saturated rings. The molecule has 3 atom stereocenters. The second kappa shape index (κ2) is 7.66. The summed E-state index contributed by atoms with van der Waals surface area (Å²) in [6.45, 7) is 1.91. The summed E-state index contributed by atoms with van der Waals surface area (Å²) in [6.07, 6.45) is 6.61. The van der Waals surface area contributed by atoms with E-state index in [2.05, 4.69) is 22.5 Å². The summed E-state index contributed by atoms with van der Waals surface area (Å²) in [5, 5.41) is 6.76. The van der Waals surface area contributed by atoms with Gasteiger partial charge in [-0.3, -0.25) is 14.5 Å². The van der Waals surface area contributed by atoms with Crippen LogP contribution >= 0.6 is 0 Å². The Kier molecular flexibility index (Phi) is 5.07. The second-order valence-corrected chi connectivity index (χ2v) is 7.93. The van der Waals surface area contributed by atoms with E-state index in [-0.39, 0.29) is 24.4 Å². The molecule has 4 rings (SSSR count). The van der Waals surface area contributed by atoms with Gasteiger partial charge in [0.05, 0.1) is 0 Å². The monoisotopic (exact) mass is 382 g/mol. The minimum atomic E-state index is -0.645. The molecule has 2 aromatic rings. The molecule has 1 aromatic heterocycles. The molecule has 2 heterocycles. The Bertz CT molecular complexity index is 906. The summed E-state index contributed by atoms with van der Waals surface area (Å²) >= 11 is 0. The maximum atomic E-state index is 12.7. The van der Waals surface area contributed by atoms with Crippen molar-refractivity contribution in [2.24, 2.45) is 5.92 Å². The van der Waals surface area contributed by atoms with Gasteiger partial charge in [-0.05, 0) is 30.4 Å². The number of hydrogen-bond donors (Lipinski definition) is 3. The Morgan fingerprint density at radius 2 is 2.00 bits per heavy atom. The number of rotatable bonds is 5. The highest BCUT2D eigenvalue weighted by atomic mass is 16.2. The fourth-order valence-electron chi connectivity index (χ4n) is 4.31. The first-order chi connectivity index (χ1) is 13.5. The highest BCUT2D eigenvalue weighted by Gasteiger charge is 2.39. The number of nitrogens with zero attached hydrogens (tertiary/aromatic N) is 1. The van der Waals surface area contributed by atoms with E-state index in [1.807, 2.05) is 30.5 Å². The maximum Gasteiger partial charge on any atom is 0.325 e. The van der Waals surface area contributed by atoms with E-state index in [1.165, 1.54) is 6.42 Å². The number of aromatic amines is 1. The summed E-state index contributed by atoms with van der Waals surface area (Å²) in [7, 11) is 0. The third-order valence-electron chi connectivity index (χ3n) is 5.97. The first kappa shape index (κ1) is 18.5. The molecule has 148 valence electrons. The average molecular weight is 382 g/mol. The van der Waals surface area contributed by atoms with Crippen LogP contribution in [0.25, 0.3) is 10.9 Å². The number of carbonyl (C=O) groups is 3. The third-order valence-corrected chi connectivity index (χ3v) is 5.97. The standard InChI is InChI=1S/C21H26N4O3/c1-13-6-2-4-8-16(13)23-19(26)12-25-20(27)18(24-21(25)28)10-14-11-22-17-9-5-3-7-15(14)17/h3,5,7,9,11,13,16,18,22H,2,4,6,8,10,12H2,1H3,(H,23,26)(H,24,28)/t13-,16-,18+/m1/s1. The normalized spacial score (nSPS) is 25.2. The van der Waals surface area contributed by atoms with Crippen LogP contribution in [-0.4, -0.2) is 46.4 Å². The lowest BCUT2D eigenvalue weighted by Gasteiger charge is -2.29. The van der Waals surface area contributed by atoms with Crippen LogP contribution in [0.2, 0.25) is 0 Å². The van der Waals surface area contributed by atoms with E-state index in [4.69, 9.17) is 0 Å². The van der Waals surface area contributed by atoms with Crippen molar-refractivity contribution in [2.75, 3.05) is 6.54 Å². The molecule has 1 aliphatic carbocycles. The van der Waals surface area contributed by atoms with E-state index < -0.39 is 12.1 Å². The van der Waals surface area contributed by atoms with E-state index >= 15 is 0 Å². The number of H-pyrrole nitrogens is 1. The molecule has 3 N–H and O–H groups in total. The van der Waals surface area contributed by atoms with Gasteiger partial charge < -0.3 is 15.6 Å². The largest absolute Gasteiger partial charge is 0.361 e. The van der Waals surface area contributed by atoms with Crippen LogP contribution in [0.4, 0.5) is 4.79 Å². The number of urea groups is 1. The zero-order valence-corrected chi connectivity index (χ0v) is 16.0. The number of hydrogen-bond acceptors (Lipinski definition) is 3. The van der Waals surface area contributed by atoms with Gasteiger partial charge in [-0.2, -0.15) is 0 Å². The lowest BCUT2D eigenvalue weighted by atomic mass is 9.86. The minimum Gasteiger partial charge on any atom is -0.361 e. The first-order valence-corrected chi connectivity index (χ1v) is 9.99. The third kappa shape index (κ3) is 3.61. The Balaban J connectivity index is 1.39. The van der Waals surface area contributed by atoms with Crippen molar-refractivity contribution in [3.63, 3.8) is 0 Å². The van der Waals surface area contributed by atoms with E-state index in [0.29, 0.717) is 12.3 Å². The van der Waals surface area contributed by atoms with Gasteiger partial charge in [0.15, 0.2) is 0 Å². The number of fused-ring (bicyclic) bond motifs is 1. The van der Waals surface area contributed by atoms with E-state index in [0.717, 1.165) is 40.6 Å². The van der Waals surface area contributed by atoms with Crippen LogP contribution in [0.3, 0.4) is 0 Å². The van der Waals surface area contributed by atoms with Gasteiger partial charge in [-0.1, -0.05) is 38.0 Å². The van der Waals surface area contributed by atoms with Crippen molar-refractivity contribution >= 4 is 28.7 Å². The quantitative estimate of drug-likeness (QED) is 0.693. The molecular weight excluding hydrogens is 356 g/mol. The minimum absolute atomic E-state index is 0.129. The predicted molar refractivity (Wildman–Crippen MR) is 106 cm³/mol. The zero-order chi connectivity index (χ0) is 19.7. The molecule has 0 spiro atoms. The molecule has 1 saturated carbocycles. The summed E-state index contributed by atoms with van der Waals surface area (Å²) in [5.74, 6) is -0.187. The van der Waals surface area contributed by atoms with Gasteiger partial charge in [-0.25, -0.2) is 4.79 Å². The van der Waals surface area contributed by atoms with E-state index in [9.17, 15) is 14.4 Å². The van der Waals surface area contributed by atoms with Crippen molar-refractivity contribution < 1.29 is 14.4 Å². The Morgan fingerprint density at radius 3 is 2.82 bits per heavy atom. The Morgan fingerprint density at radius 1 is 1.21 bits per heavy atom. The topological polar surface area (TPSA) is 94.3 Å². The summed E-state index contributed by atoms with van der Waals surface area (Å²) in [5.41, 5.74) is 1.96. The molecule has 1 aliphatic heterocycles. The second-order valence-electron chi connectivity index (χ2n) is 7.93. The number of amides is 4. The fourth-order valence-corrected chi connectivity index (χ4v) is 4.31. The zero-order valence-electron chi connectivity index (χ0n) is 16.0. The molecular formula is C21H26N4O3. The number of para-hydroxylation sites is 1. The van der Waals surface area contributed by atoms with Crippen molar-refractivity contribution in [3.05, 3.63) is 36.0 Å². The van der Waals surface area contributed by atoms with Gasteiger partial charge >= 0.3 is 6.03 Å². The van der Waals surface area contributed by atoms with Crippen molar-refractivity contribution in [2.45, 2.75) is 51.1 Å². The molecule has 28 heavy (non-hydrogen) atoms. The van der Waals surface area contributed by atoms with Crippen LogP contribution in [0.5, 0.6) is 0 Å². The summed E-state index contributed by atoms with van der Waals surface area (Å²) in [6, 6.07) is 6.82. The number of benzene rings is 1. The molecule has 2 aliphatic rings. The predicted octanol–water partition coefficient (Wildman–Crippen LogP) is 2.33. The molecule has 0 unspecified atom stereocenters. The van der Waals surface area contributed by atoms with Crippen molar-refractivity contribution in [3.8, 4) is 0 Å². The van der Waals surface area contributed by atoms with Crippen LogP contribution in [0.15, 0.2) is 30.5 Å². The molecule has 7 nitrogen and oxygen atoms in total. The average Bonchev–Trinajstić information content (AvgIpc) is 3.20. The first-order valence-electron chi connectivity index (χ1n) is 9.99. The summed E-state index contributed by atoms with van der Waals surface area (Å²) in [4.78, 5) is 41.6. The molecule has 1 aromatic carbocycles. The Hall–Kier alpha value is -2.83. The van der Waals surface area contributed by atoms with Crippen LogP contribution < -0.4 is 10.6 Å². The molecule has 7 heteroatoms. The van der Waals surface area contributed by atoms with Crippen LogP contribution in [0, 0.1) is 5.92 Å². The highest BCUT2D eigenvalue weighted by molar-refractivity contribution is 6.06. The number of carbonyl (C=O) groups excluding carboxylic acids is 3. The molecule has 0 bridgehead atoms. The maximum absolute atomic E-state index is 12.7. The number of nitrogens with one attached hydrogen (secondary N) is 3. The van der Waals surface area contributed by atoms with Crippen molar-refractivity contribution in [1.82, 2.24) is 20.5 Å². The number of aromatic nitrogens is 1. The van der Waals surface area contributed by atoms with E-state index in [1.54, 1.807) is 0 Å². The van der Waals surface area contributed by atoms with Gasteiger partial charge in [0.1, 0.15) is 12.6 Å². The fraction of sp³-hybridized carbons (Fsp3) is 0.476. The van der Waals surface area contributed by atoms with Crippen LogP contribution in [-0.2, 0) is 16.0 Å². The van der Waals surface area contributed by atoms with Gasteiger partial charge in [-0.15, -0.1) is 0 Å². The molecule has 1 saturated heterocycles. The van der Waals surface area contributed by atoms with Gasteiger partial charge in [0.2, 0.25) is 5.91 Å². The van der Waals surface area contributed by atoms with Gasteiger partial charge in [0, 0.05) is 29.6 Å². The smallest absolute Gasteiger partial charge is 0.325 e. The Labute approximate surface area is 163 Å². The lowest BCUT2D eigenvalue weighted by Crippen LogP contribution is -2.47. The SMILES string of the molecule is C[C@@H]1CCCC[C@H]1NC(=O)CN1C(=O)N[C@@H](Cc2c[nH]c3ccccc23)C1=O. The van der Waals surface area contributed by atoms with Crippen molar-refractivity contribution in [1.29, 1.82) is 0 Å². The lowest BCUT2D eigenvalue weighted by molar-refractivity contribution is -0.132. The molecule has 4 amide bonds. The summed E-state index contributed by atoms with van der Waals surface area (Å²) < 4.78 is 0.